The van der Waals surface area contributed by atoms with Gasteiger partial charge in [-0.3, -0.25) is 19.9 Å². The average molecular weight is 765 g/mol. The molecule has 0 atom stereocenters. The largest absolute Gasteiger partial charge is 0.261 e. The van der Waals surface area contributed by atoms with Crippen molar-refractivity contribution in [3.05, 3.63) is 131 Å². The van der Waals surface area contributed by atoms with Gasteiger partial charge in [0.15, 0.2) is 0 Å². The van der Waals surface area contributed by atoms with Crippen molar-refractivity contribution in [2.24, 2.45) is 0 Å². The number of hydrogen-bond donors (Lipinski definition) is 0. The molecular weight excluding hydrogens is 689 g/mol. The summed E-state index contributed by atoms with van der Waals surface area (Å²) < 4.78 is 0. The molecule has 5 rings (SSSR count). The molecule has 8 nitrogen and oxygen atoms in total. The lowest BCUT2D eigenvalue weighted by Gasteiger charge is -2.17. The molecule has 0 aliphatic carbocycles. The molecule has 0 fully saturated rings. The lowest BCUT2D eigenvalue weighted by molar-refractivity contribution is 0.543. The molecule has 0 spiro atoms. The Hall–Kier alpha value is -4.46. The fourth-order valence-corrected chi connectivity index (χ4v) is 4.42. The fourth-order valence-electron chi connectivity index (χ4n) is 4.42. The first kappa shape index (κ1) is 51.5. The van der Waals surface area contributed by atoms with Crippen molar-refractivity contribution in [3.63, 3.8) is 0 Å². The fraction of sp³-hybridized carbons (Fsp3) is 0.542. The zero-order valence-corrected chi connectivity index (χ0v) is 38.0. The Bertz CT molecular complexity index is 1560. The van der Waals surface area contributed by atoms with Crippen LogP contribution in [0.4, 0.5) is 0 Å². The summed E-state index contributed by atoms with van der Waals surface area (Å²) in [4.78, 5) is 34.1. The summed E-state index contributed by atoms with van der Waals surface area (Å²) in [7, 11) is 0. The quantitative estimate of drug-likeness (QED) is 0.154. The summed E-state index contributed by atoms with van der Waals surface area (Å²) in [6.07, 6.45) is 9.09. The molecule has 0 aromatic carbocycles. The van der Waals surface area contributed by atoms with Gasteiger partial charge in [-0.15, -0.1) is 0 Å². The molecule has 5 heterocycles. The van der Waals surface area contributed by atoms with Gasteiger partial charge < -0.3 is 0 Å². The Morgan fingerprint density at radius 2 is 0.875 bits per heavy atom. The summed E-state index contributed by atoms with van der Waals surface area (Å²) in [5.41, 5.74) is 9.53. The highest BCUT2D eigenvalue weighted by Gasteiger charge is 2.18. The van der Waals surface area contributed by atoms with Crippen LogP contribution in [0.3, 0.4) is 0 Å². The van der Waals surface area contributed by atoms with Gasteiger partial charge in [-0.25, -0.2) is 19.9 Å². The molecule has 0 saturated heterocycles. The van der Waals surface area contributed by atoms with Gasteiger partial charge in [0.25, 0.3) is 0 Å². The molecule has 0 N–H and O–H groups in total. The summed E-state index contributed by atoms with van der Waals surface area (Å²) in [5, 5.41) is 0. The Balaban J connectivity index is 0.000000672. The molecule has 0 aliphatic rings. The lowest BCUT2D eigenvalue weighted by Crippen LogP contribution is -2.15. The molecule has 56 heavy (non-hydrogen) atoms. The van der Waals surface area contributed by atoms with Crippen LogP contribution in [-0.2, 0) is 27.1 Å². The van der Waals surface area contributed by atoms with E-state index in [-0.39, 0.29) is 34.5 Å². The van der Waals surface area contributed by atoms with Crippen molar-refractivity contribution in [1.82, 2.24) is 39.9 Å². The highest BCUT2D eigenvalue weighted by molar-refractivity contribution is 5.20. The second-order valence-corrected chi connectivity index (χ2v) is 19.2. The summed E-state index contributed by atoms with van der Waals surface area (Å²) in [6, 6.07) is 14.2. The van der Waals surface area contributed by atoms with Crippen LogP contribution in [0.15, 0.2) is 73.4 Å². The number of rotatable bonds is 0. The predicted octanol–water partition coefficient (Wildman–Crippen LogP) is 12.3. The van der Waals surface area contributed by atoms with Crippen molar-refractivity contribution in [1.29, 1.82) is 0 Å². The number of aromatic nitrogens is 8. The predicted molar refractivity (Wildman–Crippen MR) is 238 cm³/mol. The third-order valence-corrected chi connectivity index (χ3v) is 7.87. The van der Waals surface area contributed by atoms with E-state index in [4.69, 9.17) is 0 Å². The third-order valence-electron chi connectivity index (χ3n) is 7.87. The van der Waals surface area contributed by atoms with E-state index in [1.54, 1.807) is 6.20 Å². The first-order chi connectivity index (χ1) is 25.0. The molecule has 0 saturated carbocycles. The van der Waals surface area contributed by atoms with E-state index in [1.165, 1.54) is 5.56 Å². The van der Waals surface area contributed by atoms with E-state index in [0.717, 1.165) is 51.5 Å². The van der Waals surface area contributed by atoms with Gasteiger partial charge in [-0.05, 0) is 76.6 Å². The van der Waals surface area contributed by atoms with Gasteiger partial charge in [0.2, 0.25) is 0 Å². The summed E-state index contributed by atoms with van der Waals surface area (Å²) >= 11 is 0. The van der Waals surface area contributed by atoms with Crippen LogP contribution >= 0.6 is 0 Å². The van der Waals surface area contributed by atoms with Crippen molar-refractivity contribution >= 4 is 0 Å². The maximum atomic E-state index is 4.44. The molecule has 0 unspecified atom stereocenters. The Morgan fingerprint density at radius 1 is 0.393 bits per heavy atom. The number of pyridine rings is 2. The summed E-state index contributed by atoms with van der Waals surface area (Å²) in [5.74, 6) is 1.76. The van der Waals surface area contributed by atoms with Gasteiger partial charge >= 0.3 is 0 Å². The standard InChI is InChI=1S/2C10H15N.3C9H14N2.CH4/c1-8-5-6-11-9(7-8)10(2,3)4;1-8-6-5-7-9(11-8)10(2,3)4;1-7-5-10-6-8(11-7)9(2,3)4;1-7-10-6-5-8(11-7)9(2,3)4;1-7-5-6-10-8(11-7)9(2,3)4;/h2*5-7H,1-4H3;3*5-6H,1-4H3;1H4. The topological polar surface area (TPSA) is 103 Å². The SMILES string of the molecule is C.Cc1cccc(C(C)(C)C)n1.Cc1ccnc(C(C)(C)C)c1.Cc1ccnc(C(C)(C)C)n1.Cc1cncc(C(C)(C)C)n1.Cc1nccc(C(C)(C)C)n1. The number of hydrogen-bond acceptors (Lipinski definition) is 8. The van der Waals surface area contributed by atoms with E-state index < -0.39 is 0 Å². The molecular formula is C48H76N8. The van der Waals surface area contributed by atoms with Crippen LogP contribution in [0.5, 0.6) is 0 Å². The number of aryl methyl sites for hydroxylation is 5. The monoisotopic (exact) mass is 765 g/mol. The first-order valence-electron chi connectivity index (χ1n) is 19.3. The van der Waals surface area contributed by atoms with Crippen LogP contribution < -0.4 is 0 Å². The Labute approximate surface area is 342 Å². The van der Waals surface area contributed by atoms with Crippen molar-refractivity contribution in [2.45, 2.75) is 173 Å². The molecule has 308 valence electrons. The van der Waals surface area contributed by atoms with E-state index in [0.29, 0.717) is 0 Å². The third kappa shape index (κ3) is 20.5. The Kier molecular flexibility index (Phi) is 20.0. The Morgan fingerprint density at radius 3 is 1.23 bits per heavy atom. The molecule has 0 aliphatic heterocycles. The van der Waals surface area contributed by atoms with Gasteiger partial charge in [0.1, 0.15) is 11.6 Å². The van der Waals surface area contributed by atoms with E-state index in [9.17, 15) is 0 Å². The van der Waals surface area contributed by atoms with Gasteiger partial charge in [-0.1, -0.05) is 117 Å². The van der Waals surface area contributed by atoms with Crippen LogP contribution in [0.25, 0.3) is 0 Å². The van der Waals surface area contributed by atoms with Gasteiger partial charge in [-0.2, -0.15) is 0 Å². The minimum atomic E-state index is 0. The van der Waals surface area contributed by atoms with Crippen LogP contribution in [-0.4, -0.2) is 39.9 Å². The minimum Gasteiger partial charge on any atom is -0.261 e. The lowest BCUT2D eigenvalue weighted by atomic mass is 9.91. The maximum Gasteiger partial charge on any atom is 0.133 e. The van der Waals surface area contributed by atoms with E-state index in [1.807, 2.05) is 76.7 Å². The second kappa shape index (κ2) is 21.7. The molecule has 5 aromatic heterocycles. The smallest absolute Gasteiger partial charge is 0.133 e. The van der Waals surface area contributed by atoms with Gasteiger partial charge in [0, 0.05) is 86.5 Å². The van der Waals surface area contributed by atoms with Crippen LogP contribution in [0, 0.1) is 34.6 Å². The summed E-state index contributed by atoms with van der Waals surface area (Å²) in [6.45, 7) is 42.2. The van der Waals surface area contributed by atoms with Crippen molar-refractivity contribution < 1.29 is 0 Å². The van der Waals surface area contributed by atoms with E-state index in [2.05, 4.69) is 169 Å². The van der Waals surface area contributed by atoms with Crippen molar-refractivity contribution in [2.75, 3.05) is 0 Å². The van der Waals surface area contributed by atoms with E-state index >= 15 is 0 Å². The molecule has 8 heteroatoms. The molecule has 0 radical (unpaired) electrons. The average Bonchev–Trinajstić information content (AvgIpc) is 3.04. The second-order valence-electron chi connectivity index (χ2n) is 19.2. The van der Waals surface area contributed by atoms with Crippen LogP contribution in [0.2, 0.25) is 0 Å². The minimum absolute atomic E-state index is 0. The molecule has 0 amide bonds. The van der Waals surface area contributed by atoms with Gasteiger partial charge in [0.05, 0.1) is 11.4 Å². The molecule has 0 bridgehead atoms. The highest BCUT2D eigenvalue weighted by atomic mass is 14.9. The first-order valence-corrected chi connectivity index (χ1v) is 19.3. The maximum absolute atomic E-state index is 4.44. The zero-order valence-electron chi connectivity index (χ0n) is 38.0. The zero-order chi connectivity index (χ0) is 42.4. The molecule has 5 aromatic rings. The highest BCUT2D eigenvalue weighted by Crippen LogP contribution is 2.22. The van der Waals surface area contributed by atoms with Crippen molar-refractivity contribution in [3.8, 4) is 0 Å². The normalized spacial score (nSPS) is 11.4. The van der Waals surface area contributed by atoms with Crippen LogP contribution in [0.1, 0.15) is 168 Å². The number of nitrogens with zero attached hydrogens (tertiary/aromatic N) is 8.